The van der Waals surface area contributed by atoms with Crippen LogP contribution < -0.4 is 0 Å². The molecule has 0 radical (unpaired) electrons. The molecule has 0 unspecified atom stereocenters. The summed E-state index contributed by atoms with van der Waals surface area (Å²) in [6.07, 6.45) is 0. The van der Waals surface area contributed by atoms with Gasteiger partial charge in [-0.25, -0.2) is 4.79 Å². The van der Waals surface area contributed by atoms with Gasteiger partial charge in [0.05, 0.1) is 10.8 Å². The van der Waals surface area contributed by atoms with Crippen LogP contribution >= 0.6 is 23.4 Å². The van der Waals surface area contributed by atoms with Gasteiger partial charge in [0, 0.05) is 9.92 Å². The molecule has 24 heavy (non-hydrogen) atoms. The van der Waals surface area contributed by atoms with Gasteiger partial charge in [0.25, 0.3) is 0 Å². The normalized spacial score (nSPS) is 11.9. The molecular formula is C20H15ClO2S. The highest BCUT2D eigenvalue weighted by atomic mass is 35.5. The number of hydrogen-bond acceptors (Lipinski definition) is 2. The third-order valence-electron chi connectivity index (χ3n) is 3.64. The summed E-state index contributed by atoms with van der Waals surface area (Å²) in [6, 6.07) is 24.8. The average molecular weight is 355 g/mol. The summed E-state index contributed by atoms with van der Waals surface area (Å²) in [5.41, 5.74) is 2.51. The van der Waals surface area contributed by atoms with Crippen LogP contribution in [0.4, 0.5) is 0 Å². The van der Waals surface area contributed by atoms with Crippen molar-refractivity contribution in [3.05, 3.63) is 101 Å². The molecule has 0 spiro atoms. The molecule has 1 N–H and O–H groups in total. The molecule has 0 fully saturated rings. The van der Waals surface area contributed by atoms with Crippen LogP contribution in [-0.4, -0.2) is 11.1 Å². The first kappa shape index (κ1) is 16.6. The van der Waals surface area contributed by atoms with E-state index in [1.54, 1.807) is 12.1 Å². The Bertz CT molecular complexity index is 832. The smallest absolute Gasteiger partial charge is 0.336 e. The maximum atomic E-state index is 11.5. The number of carboxylic acid groups (broad SMARTS) is 1. The molecule has 0 aromatic heterocycles. The van der Waals surface area contributed by atoms with Gasteiger partial charge >= 0.3 is 5.97 Å². The second-order valence-electron chi connectivity index (χ2n) is 5.26. The van der Waals surface area contributed by atoms with Crippen molar-refractivity contribution in [2.45, 2.75) is 10.1 Å². The first-order chi connectivity index (χ1) is 11.6. The molecule has 3 aromatic carbocycles. The molecule has 0 bridgehead atoms. The highest BCUT2D eigenvalue weighted by Gasteiger charge is 2.19. The fourth-order valence-corrected chi connectivity index (χ4v) is 3.87. The summed E-state index contributed by atoms with van der Waals surface area (Å²) in [5.74, 6) is -0.916. The van der Waals surface area contributed by atoms with E-state index in [0.29, 0.717) is 10.6 Å². The van der Waals surface area contributed by atoms with Crippen molar-refractivity contribution in [3.8, 4) is 0 Å². The zero-order chi connectivity index (χ0) is 16.9. The molecule has 0 saturated carbocycles. The average Bonchev–Trinajstić information content (AvgIpc) is 2.61. The van der Waals surface area contributed by atoms with Crippen molar-refractivity contribution >= 4 is 29.3 Å². The van der Waals surface area contributed by atoms with Crippen molar-refractivity contribution in [1.29, 1.82) is 0 Å². The van der Waals surface area contributed by atoms with Crippen molar-refractivity contribution in [1.82, 2.24) is 0 Å². The van der Waals surface area contributed by atoms with Crippen molar-refractivity contribution in [3.63, 3.8) is 0 Å². The van der Waals surface area contributed by atoms with Crippen molar-refractivity contribution < 1.29 is 9.90 Å². The van der Waals surface area contributed by atoms with E-state index in [-0.39, 0.29) is 5.25 Å². The van der Waals surface area contributed by atoms with Crippen molar-refractivity contribution in [2.75, 3.05) is 0 Å². The van der Waals surface area contributed by atoms with E-state index in [1.165, 1.54) is 11.8 Å². The van der Waals surface area contributed by atoms with E-state index in [4.69, 9.17) is 11.6 Å². The highest BCUT2D eigenvalue weighted by molar-refractivity contribution is 7.99. The third kappa shape index (κ3) is 3.81. The van der Waals surface area contributed by atoms with Gasteiger partial charge in [-0.3, -0.25) is 0 Å². The minimum atomic E-state index is -0.916. The zero-order valence-corrected chi connectivity index (χ0v) is 14.3. The van der Waals surface area contributed by atoms with E-state index in [0.717, 1.165) is 16.0 Å². The SMILES string of the molecule is O=C(O)c1ccccc1S[C@H](c1ccccc1)c1ccc(Cl)cc1. The standard InChI is InChI=1S/C20H15ClO2S/c21-16-12-10-15(11-13-16)19(14-6-2-1-3-7-14)24-18-9-5-4-8-17(18)20(22)23/h1-13,19H,(H,22,23)/t19-/m1/s1. The number of hydrogen-bond donors (Lipinski definition) is 1. The first-order valence-corrected chi connectivity index (χ1v) is 8.70. The number of carboxylic acids is 1. The topological polar surface area (TPSA) is 37.3 Å². The van der Waals surface area contributed by atoms with Crippen LogP contribution in [0.25, 0.3) is 0 Å². The number of thioether (sulfide) groups is 1. The lowest BCUT2D eigenvalue weighted by Crippen LogP contribution is -2.02. The van der Waals surface area contributed by atoms with Crippen molar-refractivity contribution in [2.24, 2.45) is 0 Å². The number of carbonyl (C=O) groups is 1. The Morgan fingerprint density at radius 2 is 1.42 bits per heavy atom. The zero-order valence-electron chi connectivity index (χ0n) is 12.7. The van der Waals surface area contributed by atoms with Gasteiger partial charge in [0.2, 0.25) is 0 Å². The van der Waals surface area contributed by atoms with E-state index in [9.17, 15) is 9.90 Å². The summed E-state index contributed by atoms with van der Waals surface area (Å²) >= 11 is 7.54. The monoisotopic (exact) mass is 354 g/mol. The second kappa shape index (κ2) is 7.56. The Balaban J connectivity index is 2.03. The molecule has 0 heterocycles. The fourth-order valence-electron chi connectivity index (χ4n) is 2.47. The first-order valence-electron chi connectivity index (χ1n) is 7.44. The molecule has 0 aliphatic heterocycles. The molecule has 120 valence electrons. The van der Waals surface area contributed by atoms with Gasteiger partial charge in [-0.05, 0) is 35.4 Å². The predicted octanol–water partition coefficient (Wildman–Crippen LogP) is 5.92. The summed E-state index contributed by atoms with van der Waals surface area (Å²) in [6.45, 7) is 0. The maximum Gasteiger partial charge on any atom is 0.336 e. The van der Waals surface area contributed by atoms with E-state index in [1.807, 2.05) is 54.6 Å². The Hall–Kier alpha value is -2.23. The van der Waals surface area contributed by atoms with E-state index >= 15 is 0 Å². The molecule has 0 aliphatic rings. The van der Waals surface area contributed by atoms with Gasteiger partial charge < -0.3 is 5.11 Å². The van der Waals surface area contributed by atoms with Crippen LogP contribution in [-0.2, 0) is 0 Å². The molecule has 3 rings (SSSR count). The molecule has 4 heteroatoms. The lowest BCUT2D eigenvalue weighted by atomic mass is 10.0. The predicted molar refractivity (Wildman–Crippen MR) is 99.0 cm³/mol. The van der Waals surface area contributed by atoms with Crippen LogP contribution in [0.1, 0.15) is 26.7 Å². The molecule has 3 aromatic rings. The summed E-state index contributed by atoms with van der Waals surface area (Å²) in [5, 5.41) is 10.1. The maximum absolute atomic E-state index is 11.5. The van der Waals surface area contributed by atoms with E-state index < -0.39 is 5.97 Å². The second-order valence-corrected chi connectivity index (χ2v) is 6.84. The number of benzene rings is 3. The van der Waals surface area contributed by atoms with Gasteiger partial charge in [-0.2, -0.15) is 0 Å². The Morgan fingerprint density at radius 3 is 2.08 bits per heavy atom. The minimum Gasteiger partial charge on any atom is -0.478 e. The van der Waals surface area contributed by atoms with Gasteiger partial charge in [-0.15, -0.1) is 11.8 Å². The third-order valence-corrected chi connectivity index (χ3v) is 5.28. The van der Waals surface area contributed by atoms with Gasteiger partial charge in [0.15, 0.2) is 0 Å². The highest BCUT2D eigenvalue weighted by Crippen LogP contribution is 2.41. The van der Waals surface area contributed by atoms with Crippen LogP contribution in [0.2, 0.25) is 5.02 Å². The molecule has 0 amide bonds. The summed E-state index contributed by atoms with van der Waals surface area (Å²) in [7, 11) is 0. The summed E-state index contributed by atoms with van der Waals surface area (Å²) in [4.78, 5) is 12.2. The largest absolute Gasteiger partial charge is 0.478 e. The molecule has 0 aliphatic carbocycles. The fraction of sp³-hybridized carbons (Fsp3) is 0.0500. The number of halogens is 1. The van der Waals surface area contributed by atoms with Crippen LogP contribution in [0.15, 0.2) is 83.8 Å². The lowest BCUT2D eigenvalue weighted by Gasteiger charge is -2.19. The Labute approximate surface area is 150 Å². The number of aromatic carboxylic acids is 1. The van der Waals surface area contributed by atoms with Crippen LogP contribution in [0, 0.1) is 0 Å². The molecule has 1 atom stereocenters. The van der Waals surface area contributed by atoms with E-state index in [2.05, 4.69) is 12.1 Å². The Kier molecular flexibility index (Phi) is 5.24. The molecule has 2 nitrogen and oxygen atoms in total. The van der Waals surface area contributed by atoms with Gasteiger partial charge in [-0.1, -0.05) is 66.2 Å². The van der Waals surface area contributed by atoms with Crippen LogP contribution in [0.3, 0.4) is 0 Å². The summed E-state index contributed by atoms with van der Waals surface area (Å²) < 4.78 is 0. The number of rotatable bonds is 5. The molecular weight excluding hydrogens is 340 g/mol. The minimum absolute atomic E-state index is 0.0102. The van der Waals surface area contributed by atoms with Gasteiger partial charge in [0.1, 0.15) is 0 Å². The quantitative estimate of drug-likeness (QED) is 0.578. The molecule has 0 saturated heterocycles. The Morgan fingerprint density at radius 1 is 0.833 bits per heavy atom. The lowest BCUT2D eigenvalue weighted by molar-refractivity contribution is 0.0693. The van der Waals surface area contributed by atoms with Crippen LogP contribution in [0.5, 0.6) is 0 Å².